The molecule has 1 aromatic heterocycles. The van der Waals surface area contributed by atoms with E-state index in [2.05, 4.69) is 0 Å². The number of primary amides is 1. The van der Waals surface area contributed by atoms with Gasteiger partial charge in [0.05, 0.1) is 12.2 Å². The van der Waals surface area contributed by atoms with Gasteiger partial charge in [-0.2, -0.15) is 0 Å². The maximum Gasteiger partial charge on any atom is 0.342 e. The summed E-state index contributed by atoms with van der Waals surface area (Å²) < 4.78 is 19.5. The first-order valence-corrected chi connectivity index (χ1v) is 12.4. The van der Waals surface area contributed by atoms with Crippen LogP contribution in [0.25, 0.3) is 10.6 Å². The average molecular weight is 498 g/mol. The van der Waals surface area contributed by atoms with E-state index in [-0.39, 0.29) is 18.9 Å². The Kier molecular flexibility index (Phi) is 7.95. The third-order valence-corrected chi connectivity index (χ3v) is 6.28. The summed E-state index contributed by atoms with van der Waals surface area (Å²) >= 11 is 1.46. The van der Waals surface area contributed by atoms with Crippen LogP contribution in [0.3, 0.4) is 0 Å². The van der Waals surface area contributed by atoms with Crippen LogP contribution in [0.15, 0.2) is 60.0 Å². The number of hydrogen-bond acceptors (Lipinski definition) is 6. The minimum absolute atomic E-state index is 0.0757. The fourth-order valence-corrected chi connectivity index (χ4v) is 4.73. The van der Waals surface area contributed by atoms with E-state index >= 15 is 0 Å². The Balaban J connectivity index is 2.14. The molecule has 35 heavy (non-hydrogen) atoms. The van der Waals surface area contributed by atoms with Gasteiger partial charge in [0.1, 0.15) is 16.4 Å². The molecule has 6 nitrogen and oxygen atoms in total. The fraction of sp³-hybridized carbons (Fsp3) is 0.370. The lowest BCUT2D eigenvalue weighted by Gasteiger charge is -2.43. The number of halogens is 1. The van der Waals surface area contributed by atoms with Gasteiger partial charge in [-0.15, -0.1) is 11.3 Å². The summed E-state index contributed by atoms with van der Waals surface area (Å²) in [6.07, 6.45) is 0.115. The zero-order valence-corrected chi connectivity index (χ0v) is 21.6. The van der Waals surface area contributed by atoms with Gasteiger partial charge in [0, 0.05) is 16.6 Å². The van der Waals surface area contributed by atoms with Crippen LogP contribution in [0, 0.1) is 11.7 Å². The van der Waals surface area contributed by atoms with E-state index in [1.807, 2.05) is 49.6 Å². The van der Waals surface area contributed by atoms with Crippen molar-refractivity contribution in [3.8, 4) is 10.6 Å². The Morgan fingerprint density at radius 3 is 2.26 bits per heavy atom. The van der Waals surface area contributed by atoms with Crippen molar-refractivity contribution in [1.82, 2.24) is 4.98 Å². The maximum atomic E-state index is 13.8. The van der Waals surface area contributed by atoms with Gasteiger partial charge in [0.2, 0.25) is 5.54 Å². The summed E-state index contributed by atoms with van der Waals surface area (Å²) in [5.41, 5.74) is 5.40. The number of ether oxygens (including phenoxy) is 1. The fourth-order valence-electron chi connectivity index (χ4n) is 3.91. The van der Waals surface area contributed by atoms with Crippen molar-refractivity contribution in [2.45, 2.75) is 58.7 Å². The van der Waals surface area contributed by atoms with E-state index in [0.717, 1.165) is 10.6 Å². The van der Waals surface area contributed by atoms with E-state index in [4.69, 9.17) is 15.5 Å². The Hall–Kier alpha value is -3.26. The van der Waals surface area contributed by atoms with Crippen LogP contribution >= 0.6 is 11.3 Å². The molecule has 1 amide bonds. The molecule has 0 aliphatic rings. The highest BCUT2D eigenvalue weighted by molar-refractivity contribution is 7.13. The van der Waals surface area contributed by atoms with Crippen molar-refractivity contribution in [3.63, 3.8) is 0 Å². The number of aromatic nitrogens is 1. The molecule has 0 aliphatic heterocycles. The second kappa shape index (κ2) is 10.6. The van der Waals surface area contributed by atoms with E-state index in [0.29, 0.717) is 11.4 Å². The number of anilines is 1. The molecule has 0 bridgehead atoms. The Morgan fingerprint density at radius 2 is 1.71 bits per heavy atom. The van der Waals surface area contributed by atoms with Gasteiger partial charge in [0.15, 0.2) is 0 Å². The zero-order valence-electron chi connectivity index (χ0n) is 20.7. The number of rotatable bonds is 9. The predicted octanol–water partition coefficient (Wildman–Crippen LogP) is 5.57. The smallest absolute Gasteiger partial charge is 0.342 e. The standard InChI is InChI=1S/C27H32FN3O3S/c1-18(2)15-27(24(29)32,25(33)34-26(3,4)5)31(22-13-11-20(28)12-14-22)16-21-17-35-23(30-21)19-9-7-6-8-10-19/h6-14,17-18H,15-16H2,1-5H3,(H2,29,32)/t27-/m1/s1. The molecular weight excluding hydrogens is 465 g/mol. The predicted molar refractivity (Wildman–Crippen MR) is 137 cm³/mol. The molecule has 0 radical (unpaired) electrons. The summed E-state index contributed by atoms with van der Waals surface area (Å²) in [4.78, 5) is 33.2. The van der Waals surface area contributed by atoms with Gasteiger partial charge < -0.3 is 15.4 Å². The van der Waals surface area contributed by atoms with Crippen LogP contribution in [-0.2, 0) is 20.9 Å². The maximum absolute atomic E-state index is 13.8. The summed E-state index contributed by atoms with van der Waals surface area (Å²) in [5.74, 6) is -2.08. The lowest BCUT2D eigenvalue weighted by Crippen LogP contribution is -2.65. The molecule has 8 heteroatoms. The van der Waals surface area contributed by atoms with Gasteiger partial charge in [-0.05, 0) is 57.4 Å². The summed E-state index contributed by atoms with van der Waals surface area (Å²) in [5, 5.41) is 2.69. The normalized spacial score (nSPS) is 13.3. The first-order chi connectivity index (χ1) is 16.4. The second-order valence-electron chi connectivity index (χ2n) is 9.90. The molecular formula is C27H32FN3O3S. The number of benzene rings is 2. The topological polar surface area (TPSA) is 85.5 Å². The third kappa shape index (κ3) is 6.25. The van der Waals surface area contributed by atoms with Crippen LogP contribution in [0.4, 0.5) is 10.1 Å². The largest absolute Gasteiger partial charge is 0.458 e. The minimum atomic E-state index is -1.82. The van der Waals surface area contributed by atoms with Crippen LogP contribution in [0.1, 0.15) is 46.7 Å². The van der Waals surface area contributed by atoms with Crippen molar-refractivity contribution in [2.24, 2.45) is 11.7 Å². The number of esters is 1. The first kappa shape index (κ1) is 26.3. The van der Waals surface area contributed by atoms with Crippen LogP contribution < -0.4 is 10.6 Å². The van der Waals surface area contributed by atoms with E-state index in [1.165, 1.54) is 35.6 Å². The molecule has 0 unspecified atom stereocenters. The lowest BCUT2D eigenvalue weighted by atomic mass is 9.85. The summed E-state index contributed by atoms with van der Waals surface area (Å²) in [7, 11) is 0. The Bertz CT molecular complexity index is 1160. The summed E-state index contributed by atoms with van der Waals surface area (Å²) in [6.45, 7) is 9.12. The number of nitrogens with zero attached hydrogens (tertiary/aromatic N) is 2. The number of hydrogen-bond donors (Lipinski definition) is 1. The van der Waals surface area contributed by atoms with Gasteiger partial charge in [-0.1, -0.05) is 44.2 Å². The highest BCUT2D eigenvalue weighted by Gasteiger charge is 2.53. The van der Waals surface area contributed by atoms with Crippen LogP contribution in [-0.4, -0.2) is 28.0 Å². The second-order valence-corrected chi connectivity index (χ2v) is 10.8. The SMILES string of the molecule is CC(C)C[C@@](C(N)=O)(C(=O)OC(C)(C)C)N(Cc1csc(-c2ccccc2)n1)c1ccc(F)cc1. The molecule has 0 saturated heterocycles. The van der Waals surface area contributed by atoms with Crippen molar-refractivity contribution >= 4 is 28.9 Å². The molecule has 2 aromatic carbocycles. The van der Waals surface area contributed by atoms with Crippen molar-refractivity contribution < 1.29 is 18.7 Å². The van der Waals surface area contributed by atoms with Gasteiger partial charge in [0.25, 0.3) is 5.91 Å². The zero-order chi connectivity index (χ0) is 25.8. The molecule has 1 atom stereocenters. The number of thiazole rings is 1. The monoisotopic (exact) mass is 497 g/mol. The van der Waals surface area contributed by atoms with E-state index in [1.54, 1.807) is 25.7 Å². The van der Waals surface area contributed by atoms with E-state index < -0.39 is 28.8 Å². The molecule has 0 spiro atoms. The van der Waals surface area contributed by atoms with Crippen molar-refractivity contribution in [2.75, 3.05) is 4.90 Å². The van der Waals surface area contributed by atoms with Crippen molar-refractivity contribution in [3.05, 3.63) is 71.5 Å². The van der Waals surface area contributed by atoms with Crippen molar-refractivity contribution in [1.29, 1.82) is 0 Å². The highest BCUT2D eigenvalue weighted by Crippen LogP contribution is 2.35. The molecule has 0 fully saturated rings. The molecule has 3 rings (SSSR count). The summed E-state index contributed by atoms with van der Waals surface area (Å²) in [6, 6.07) is 15.4. The van der Waals surface area contributed by atoms with Crippen LogP contribution in [0.2, 0.25) is 0 Å². The minimum Gasteiger partial charge on any atom is -0.458 e. The number of nitrogens with two attached hydrogens (primary N) is 1. The van der Waals surface area contributed by atoms with Gasteiger partial charge >= 0.3 is 5.97 Å². The number of carbonyl (C=O) groups is 2. The number of amides is 1. The first-order valence-electron chi connectivity index (χ1n) is 11.5. The Labute approximate surface area is 209 Å². The van der Waals surface area contributed by atoms with Gasteiger partial charge in [-0.3, -0.25) is 4.79 Å². The molecule has 1 heterocycles. The Morgan fingerprint density at radius 1 is 1.09 bits per heavy atom. The molecule has 186 valence electrons. The third-order valence-electron chi connectivity index (χ3n) is 5.34. The molecule has 0 saturated carbocycles. The van der Waals surface area contributed by atoms with Crippen LogP contribution in [0.5, 0.6) is 0 Å². The molecule has 3 aromatic rings. The lowest BCUT2D eigenvalue weighted by molar-refractivity contribution is -0.165. The quantitative estimate of drug-likeness (QED) is 0.309. The highest BCUT2D eigenvalue weighted by atomic mass is 32.1. The average Bonchev–Trinajstić information content (AvgIpc) is 3.24. The molecule has 0 aliphatic carbocycles. The van der Waals surface area contributed by atoms with Gasteiger partial charge in [-0.25, -0.2) is 14.2 Å². The number of carbonyl (C=O) groups excluding carboxylic acids is 2. The van der Waals surface area contributed by atoms with E-state index in [9.17, 15) is 14.0 Å². The molecule has 2 N–H and O–H groups in total.